The molecule has 8 heteroatoms. The summed E-state index contributed by atoms with van der Waals surface area (Å²) in [5.74, 6) is 0.382. The van der Waals surface area contributed by atoms with Crippen LogP contribution in [-0.2, 0) is 0 Å². The van der Waals surface area contributed by atoms with Crippen LogP contribution in [0.5, 0.6) is 17.6 Å². The fraction of sp³-hybridized carbons (Fsp3) is 0.0500. The molecule has 0 aliphatic heterocycles. The van der Waals surface area contributed by atoms with Gasteiger partial charge in [0, 0.05) is 24.6 Å². The highest BCUT2D eigenvalue weighted by atomic mass is 35.5. The highest BCUT2D eigenvalue weighted by Gasteiger charge is 2.10. The fourth-order valence-electron chi connectivity index (χ4n) is 2.67. The zero-order valence-corrected chi connectivity index (χ0v) is 16.2. The topological polar surface area (TPSA) is 71.4 Å². The quantitative estimate of drug-likeness (QED) is 0.470. The molecular formula is C20H14Cl2N4O2. The Hall–Kier alpha value is -3.09. The van der Waals surface area contributed by atoms with Crippen molar-refractivity contribution in [2.45, 2.75) is 0 Å². The van der Waals surface area contributed by atoms with Crippen LogP contribution in [0.25, 0.3) is 10.9 Å². The van der Waals surface area contributed by atoms with Crippen LogP contribution in [-0.4, -0.2) is 27.1 Å². The van der Waals surface area contributed by atoms with Crippen molar-refractivity contribution in [1.82, 2.24) is 15.0 Å². The standard InChI is InChI=1S/C20H14Cl2N4O2/c1-26(13-4-7-16(21)17(22)10-13)12-2-5-14(6-3-12)28-20-24-18-11-23-9-8-15(18)19(27)25-20/h2-11H,1H3,(H,24,25,27). The molecule has 2 aromatic heterocycles. The normalized spacial score (nSPS) is 10.8. The highest BCUT2D eigenvalue weighted by Crippen LogP contribution is 2.32. The zero-order chi connectivity index (χ0) is 19.7. The molecule has 140 valence electrons. The maximum absolute atomic E-state index is 10.0. The minimum Gasteiger partial charge on any atom is -0.493 e. The van der Waals surface area contributed by atoms with Gasteiger partial charge in [0.25, 0.3) is 0 Å². The van der Waals surface area contributed by atoms with E-state index < -0.39 is 0 Å². The molecule has 4 aromatic rings. The summed E-state index contributed by atoms with van der Waals surface area (Å²) in [5, 5.41) is 11.5. The molecule has 0 radical (unpaired) electrons. The minimum absolute atomic E-state index is 0.0450. The highest BCUT2D eigenvalue weighted by molar-refractivity contribution is 6.42. The van der Waals surface area contributed by atoms with Gasteiger partial charge in [-0.25, -0.2) is 0 Å². The van der Waals surface area contributed by atoms with Gasteiger partial charge < -0.3 is 14.7 Å². The summed E-state index contributed by atoms with van der Waals surface area (Å²) in [7, 11) is 1.92. The number of fused-ring (bicyclic) bond motifs is 1. The Morgan fingerprint density at radius 3 is 2.43 bits per heavy atom. The van der Waals surface area contributed by atoms with Crippen LogP contribution in [0.3, 0.4) is 0 Å². The van der Waals surface area contributed by atoms with Crippen molar-refractivity contribution in [1.29, 1.82) is 0 Å². The molecule has 0 fully saturated rings. The maximum Gasteiger partial charge on any atom is 0.325 e. The Morgan fingerprint density at radius 2 is 1.68 bits per heavy atom. The van der Waals surface area contributed by atoms with Gasteiger partial charge in [-0.15, -0.1) is 0 Å². The van der Waals surface area contributed by atoms with E-state index in [-0.39, 0.29) is 11.9 Å². The van der Waals surface area contributed by atoms with Crippen LogP contribution in [0.2, 0.25) is 10.0 Å². The van der Waals surface area contributed by atoms with E-state index in [1.165, 1.54) is 0 Å². The molecule has 2 heterocycles. The third kappa shape index (κ3) is 3.65. The predicted molar refractivity (Wildman–Crippen MR) is 110 cm³/mol. The number of rotatable bonds is 4. The van der Waals surface area contributed by atoms with Crippen molar-refractivity contribution < 1.29 is 9.84 Å². The Bertz CT molecular complexity index is 1150. The predicted octanol–water partition coefficient (Wildman–Crippen LogP) is 5.60. The van der Waals surface area contributed by atoms with E-state index in [1.54, 1.807) is 42.7 Å². The monoisotopic (exact) mass is 412 g/mol. The number of hydrogen-bond donors (Lipinski definition) is 1. The van der Waals surface area contributed by atoms with Gasteiger partial charge in [0.05, 0.1) is 27.1 Å². The lowest BCUT2D eigenvalue weighted by atomic mass is 10.2. The first-order chi connectivity index (χ1) is 13.5. The van der Waals surface area contributed by atoms with E-state index in [0.717, 1.165) is 11.4 Å². The van der Waals surface area contributed by atoms with Crippen LogP contribution < -0.4 is 9.64 Å². The van der Waals surface area contributed by atoms with Crippen LogP contribution in [0.4, 0.5) is 11.4 Å². The summed E-state index contributed by atoms with van der Waals surface area (Å²) in [6.45, 7) is 0. The number of pyridine rings is 1. The molecule has 0 aliphatic rings. The molecule has 4 rings (SSSR count). The molecule has 2 aromatic carbocycles. The Balaban J connectivity index is 1.55. The maximum atomic E-state index is 10.0. The van der Waals surface area contributed by atoms with Crippen LogP contribution >= 0.6 is 23.2 Å². The molecule has 1 N–H and O–H groups in total. The summed E-state index contributed by atoms with van der Waals surface area (Å²) in [6.07, 6.45) is 3.11. The molecular weight excluding hydrogens is 399 g/mol. The van der Waals surface area contributed by atoms with Gasteiger partial charge in [0.15, 0.2) is 0 Å². The minimum atomic E-state index is -0.154. The van der Waals surface area contributed by atoms with Gasteiger partial charge >= 0.3 is 6.01 Å². The Morgan fingerprint density at radius 1 is 0.929 bits per heavy atom. The van der Waals surface area contributed by atoms with Gasteiger partial charge in [-0.2, -0.15) is 9.97 Å². The number of aromatic hydroxyl groups is 1. The lowest BCUT2D eigenvalue weighted by molar-refractivity contribution is 0.412. The largest absolute Gasteiger partial charge is 0.493 e. The summed E-state index contributed by atoms with van der Waals surface area (Å²) < 4.78 is 5.68. The molecule has 0 spiro atoms. The fourth-order valence-corrected chi connectivity index (χ4v) is 2.97. The van der Waals surface area contributed by atoms with Crippen molar-refractivity contribution in [2.75, 3.05) is 11.9 Å². The molecule has 0 bridgehead atoms. The first kappa shape index (κ1) is 18.3. The molecule has 0 atom stereocenters. The number of hydrogen-bond acceptors (Lipinski definition) is 6. The van der Waals surface area contributed by atoms with Crippen molar-refractivity contribution in [2.24, 2.45) is 0 Å². The van der Waals surface area contributed by atoms with Crippen LogP contribution in [0.1, 0.15) is 0 Å². The van der Waals surface area contributed by atoms with Crippen molar-refractivity contribution in [3.63, 3.8) is 0 Å². The van der Waals surface area contributed by atoms with Crippen molar-refractivity contribution in [3.05, 3.63) is 71.0 Å². The summed E-state index contributed by atoms with van der Waals surface area (Å²) in [4.78, 5) is 14.2. The summed E-state index contributed by atoms with van der Waals surface area (Å²) in [6, 6.07) is 14.5. The number of halogens is 2. The smallest absolute Gasteiger partial charge is 0.325 e. The van der Waals surface area contributed by atoms with Gasteiger partial charge in [-0.05, 0) is 48.5 Å². The second-order valence-corrected chi connectivity index (χ2v) is 6.79. The van der Waals surface area contributed by atoms with Crippen molar-refractivity contribution in [3.8, 4) is 17.6 Å². The lowest BCUT2D eigenvalue weighted by Gasteiger charge is -2.20. The number of ether oxygens (including phenoxy) is 1. The number of anilines is 2. The van der Waals surface area contributed by atoms with Crippen LogP contribution in [0.15, 0.2) is 60.9 Å². The first-order valence-corrected chi connectivity index (χ1v) is 9.04. The van der Waals surface area contributed by atoms with E-state index in [0.29, 0.717) is 26.7 Å². The van der Waals surface area contributed by atoms with Crippen molar-refractivity contribution >= 4 is 45.5 Å². The molecule has 0 saturated carbocycles. The number of aromatic nitrogens is 3. The van der Waals surface area contributed by atoms with E-state index in [9.17, 15) is 5.11 Å². The Kier molecular flexibility index (Phi) is 4.90. The second kappa shape index (κ2) is 7.50. The third-order valence-corrected chi connectivity index (χ3v) is 4.92. The molecule has 0 aliphatic carbocycles. The molecule has 0 saturated heterocycles. The van der Waals surface area contributed by atoms with Gasteiger partial charge in [0.1, 0.15) is 5.75 Å². The summed E-state index contributed by atoms with van der Waals surface area (Å²) >= 11 is 12.1. The molecule has 0 amide bonds. The van der Waals surface area contributed by atoms with E-state index in [2.05, 4.69) is 15.0 Å². The van der Waals surface area contributed by atoms with Gasteiger partial charge in [-0.3, -0.25) is 4.98 Å². The van der Waals surface area contributed by atoms with Crippen LogP contribution in [0, 0.1) is 0 Å². The van der Waals surface area contributed by atoms with E-state index in [1.807, 2.05) is 30.1 Å². The molecule has 28 heavy (non-hydrogen) atoms. The average Bonchev–Trinajstić information content (AvgIpc) is 2.70. The third-order valence-electron chi connectivity index (χ3n) is 4.18. The van der Waals surface area contributed by atoms with Gasteiger partial charge in [0.2, 0.25) is 5.88 Å². The second-order valence-electron chi connectivity index (χ2n) is 5.98. The van der Waals surface area contributed by atoms with E-state index >= 15 is 0 Å². The molecule has 0 unspecified atom stereocenters. The Labute approximate surface area is 171 Å². The SMILES string of the molecule is CN(c1ccc(Oc2nc(O)c3ccncc3n2)cc1)c1ccc(Cl)c(Cl)c1. The zero-order valence-electron chi connectivity index (χ0n) is 14.7. The first-order valence-electron chi connectivity index (χ1n) is 8.29. The summed E-state index contributed by atoms with van der Waals surface area (Å²) in [5.41, 5.74) is 2.33. The van der Waals surface area contributed by atoms with E-state index in [4.69, 9.17) is 27.9 Å². The molecule has 6 nitrogen and oxygen atoms in total. The number of benzene rings is 2. The lowest BCUT2D eigenvalue weighted by Crippen LogP contribution is -2.09. The van der Waals surface area contributed by atoms with Gasteiger partial charge in [-0.1, -0.05) is 23.2 Å². The average molecular weight is 413 g/mol. The number of nitrogens with zero attached hydrogens (tertiary/aromatic N) is 4.